The van der Waals surface area contributed by atoms with Crippen LogP contribution in [0.5, 0.6) is 11.5 Å². The summed E-state index contributed by atoms with van der Waals surface area (Å²) in [5, 5.41) is 0. The average molecular weight is 370 g/mol. The molecule has 0 bridgehead atoms. The van der Waals surface area contributed by atoms with Crippen molar-refractivity contribution in [1.29, 1.82) is 0 Å². The van der Waals surface area contributed by atoms with E-state index in [1.807, 2.05) is 0 Å². The Morgan fingerprint density at radius 2 is 1.56 bits per heavy atom. The number of halogens is 1. The van der Waals surface area contributed by atoms with Gasteiger partial charge in [-0.1, -0.05) is 44.9 Å². The highest BCUT2D eigenvalue weighted by atomic mass is 19.1. The Morgan fingerprint density at radius 1 is 0.926 bits per heavy atom. The predicted molar refractivity (Wildman–Crippen MR) is 107 cm³/mol. The lowest BCUT2D eigenvalue weighted by atomic mass is 10.1. The van der Waals surface area contributed by atoms with Gasteiger partial charge in [-0.05, 0) is 54.8 Å². The van der Waals surface area contributed by atoms with Crippen molar-refractivity contribution in [3.8, 4) is 11.5 Å². The molecule has 2 rings (SSSR count). The molecule has 0 aliphatic rings. The zero-order chi connectivity index (χ0) is 19.5. The second kappa shape index (κ2) is 11.2. The van der Waals surface area contributed by atoms with Gasteiger partial charge in [-0.3, -0.25) is 4.79 Å². The first kappa shape index (κ1) is 20.7. The lowest BCUT2D eigenvalue weighted by Crippen LogP contribution is -2.04. The third-order valence-corrected chi connectivity index (χ3v) is 4.04. The molecule has 0 atom stereocenters. The summed E-state index contributed by atoms with van der Waals surface area (Å²) in [5.41, 5.74) is 1.30. The topological polar surface area (TPSA) is 35.5 Å². The van der Waals surface area contributed by atoms with E-state index < -0.39 is 0 Å². The summed E-state index contributed by atoms with van der Waals surface area (Å²) in [6, 6.07) is 11.3. The number of rotatable bonds is 11. The van der Waals surface area contributed by atoms with Gasteiger partial charge in [0.2, 0.25) is 0 Å². The van der Waals surface area contributed by atoms with Gasteiger partial charge in [0.1, 0.15) is 5.82 Å². The molecule has 2 aromatic carbocycles. The van der Waals surface area contributed by atoms with Crippen LogP contribution >= 0.6 is 0 Å². The zero-order valence-corrected chi connectivity index (χ0v) is 16.0. The van der Waals surface area contributed by atoms with Crippen LogP contribution in [0.15, 0.2) is 48.5 Å². The highest BCUT2D eigenvalue weighted by Crippen LogP contribution is 2.29. The highest BCUT2D eigenvalue weighted by molar-refractivity contribution is 6.07. The quantitative estimate of drug-likeness (QED) is 0.273. The summed E-state index contributed by atoms with van der Waals surface area (Å²) in [6.07, 6.45) is 7.15. The van der Waals surface area contributed by atoms with E-state index >= 15 is 0 Å². The van der Waals surface area contributed by atoms with E-state index in [4.69, 9.17) is 9.47 Å². The first-order valence-corrected chi connectivity index (χ1v) is 9.51. The molecule has 0 amide bonds. The van der Waals surface area contributed by atoms with Gasteiger partial charge in [0, 0.05) is 5.56 Å². The Labute approximate surface area is 160 Å². The minimum absolute atomic E-state index is 0.139. The summed E-state index contributed by atoms with van der Waals surface area (Å²) >= 11 is 0. The molecular formula is C23H27FO3. The van der Waals surface area contributed by atoms with Crippen LogP contribution in [0.2, 0.25) is 0 Å². The number of hydrogen-bond acceptors (Lipinski definition) is 3. The smallest absolute Gasteiger partial charge is 0.185 e. The number of allylic oxidation sites excluding steroid dienone is 1. The molecule has 3 nitrogen and oxygen atoms in total. The standard InChI is InChI=1S/C23H27FO3/c1-3-5-15-26-22-14-10-19(17-23(22)27-16-6-4-2)21(25)13-9-18-7-11-20(24)12-8-18/h7-14,17H,3-6,15-16H2,1-2H3/b13-9+. The normalized spacial score (nSPS) is 10.9. The lowest BCUT2D eigenvalue weighted by Gasteiger charge is -2.13. The fourth-order valence-corrected chi connectivity index (χ4v) is 2.39. The molecule has 0 aromatic heterocycles. The van der Waals surface area contributed by atoms with Crippen LogP contribution in [0.25, 0.3) is 6.08 Å². The van der Waals surface area contributed by atoms with E-state index in [2.05, 4.69) is 13.8 Å². The van der Waals surface area contributed by atoms with Gasteiger partial charge in [0.05, 0.1) is 13.2 Å². The maximum Gasteiger partial charge on any atom is 0.185 e. The Hall–Kier alpha value is -2.62. The van der Waals surface area contributed by atoms with Crippen molar-refractivity contribution in [2.75, 3.05) is 13.2 Å². The summed E-state index contributed by atoms with van der Waals surface area (Å²) in [7, 11) is 0. The fraction of sp³-hybridized carbons (Fsp3) is 0.348. The number of benzene rings is 2. The molecule has 0 heterocycles. The molecule has 0 unspecified atom stereocenters. The first-order chi connectivity index (χ1) is 13.1. The molecule has 0 saturated heterocycles. The van der Waals surface area contributed by atoms with E-state index in [1.165, 1.54) is 18.2 Å². The Kier molecular flexibility index (Phi) is 8.56. The minimum Gasteiger partial charge on any atom is -0.490 e. The molecule has 0 aliphatic heterocycles. The number of carbonyl (C=O) groups is 1. The molecule has 0 aliphatic carbocycles. The monoisotopic (exact) mass is 370 g/mol. The summed E-state index contributed by atoms with van der Waals surface area (Å²) < 4.78 is 24.6. The third kappa shape index (κ3) is 6.89. The van der Waals surface area contributed by atoms with E-state index in [0.29, 0.717) is 30.3 Å². The lowest BCUT2D eigenvalue weighted by molar-refractivity contribution is 0.104. The number of unbranched alkanes of at least 4 members (excludes halogenated alkanes) is 2. The average Bonchev–Trinajstić information content (AvgIpc) is 2.68. The van der Waals surface area contributed by atoms with Gasteiger partial charge >= 0.3 is 0 Å². The van der Waals surface area contributed by atoms with Crippen LogP contribution in [0, 0.1) is 5.82 Å². The van der Waals surface area contributed by atoms with Crippen molar-refractivity contribution < 1.29 is 18.7 Å². The van der Waals surface area contributed by atoms with Gasteiger partial charge in [0.25, 0.3) is 0 Å². The fourth-order valence-electron chi connectivity index (χ4n) is 2.39. The number of hydrogen-bond donors (Lipinski definition) is 0. The third-order valence-electron chi connectivity index (χ3n) is 4.04. The summed E-state index contributed by atoms with van der Waals surface area (Å²) in [4.78, 5) is 12.5. The van der Waals surface area contributed by atoms with Crippen LogP contribution in [-0.2, 0) is 0 Å². The molecule has 0 N–H and O–H groups in total. The molecule has 0 radical (unpaired) electrons. The van der Waals surface area contributed by atoms with E-state index in [9.17, 15) is 9.18 Å². The minimum atomic E-state index is -0.300. The first-order valence-electron chi connectivity index (χ1n) is 9.51. The number of ether oxygens (including phenoxy) is 2. The van der Waals surface area contributed by atoms with Crippen LogP contribution < -0.4 is 9.47 Å². The largest absolute Gasteiger partial charge is 0.490 e. The zero-order valence-electron chi connectivity index (χ0n) is 16.0. The maximum absolute atomic E-state index is 13.0. The van der Waals surface area contributed by atoms with Crippen LogP contribution in [0.1, 0.15) is 55.5 Å². The molecule has 0 saturated carbocycles. The molecule has 2 aromatic rings. The molecule has 144 valence electrons. The van der Waals surface area contributed by atoms with E-state index in [0.717, 1.165) is 31.2 Å². The van der Waals surface area contributed by atoms with Crippen LogP contribution in [-0.4, -0.2) is 19.0 Å². The molecule has 0 fully saturated rings. The van der Waals surface area contributed by atoms with Crippen molar-refractivity contribution in [3.63, 3.8) is 0 Å². The Bertz CT molecular complexity index is 751. The highest BCUT2D eigenvalue weighted by Gasteiger charge is 2.10. The van der Waals surface area contributed by atoms with Gasteiger partial charge < -0.3 is 9.47 Å². The van der Waals surface area contributed by atoms with E-state index in [-0.39, 0.29) is 11.6 Å². The molecule has 27 heavy (non-hydrogen) atoms. The van der Waals surface area contributed by atoms with Gasteiger partial charge in [-0.15, -0.1) is 0 Å². The SMILES string of the molecule is CCCCOc1ccc(C(=O)/C=C/c2ccc(F)cc2)cc1OCCCC. The predicted octanol–water partition coefficient (Wildman–Crippen LogP) is 6.08. The van der Waals surface area contributed by atoms with Crippen molar-refractivity contribution in [3.05, 3.63) is 65.5 Å². The Balaban J connectivity index is 2.13. The second-order valence-corrected chi connectivity index (χ2v) is 6.31. The van der Waals surface area contributed by atoms with Crippen molar-refractivity contribution >= 4 is 11.9 Å². The maximum atomic E-state index is 13.0. The molecular weight excluding hydrogens is 343 g/mol. The number of carbonyl (C=O) groups excluding carboxylic acids is 1. The van der Waals surface area contributed by atoms with Crippen molar-refractivity contribution in [1.82, 2.24) is 0 Å². The van der Waals surface area contributed by atoms with Gasteiger partial charge in [-0.25, -0.2) is 4.39 Å². The van der Waals surface area contributed by atoms with Crippen LogP contribution in [0.3, 0.4) is 0 Å². The summed E-state index contributed by atoms with van der Waals surface area (Å²) in [5.74, 6) is 0.824. The summed E-state index contributed by atoms with van der Waals surface area (Å²) in [6.45, 7) is 5.42. The Morgan fingerprint density at radius 3 is 2.19 bits per heavy atom. The molecule has 0 spiro atoms. The van der Waals surface area contributed by atoms with Crippen molar-refractivity contribution in [2.45, 2.75) is 39.5 Å². The van der Waals surface area contributed by atoms with Gasteiger partial charge in [-0.2, -0.15) is 0 Å². The second-order valence-electron chi connectivity index (χ2n) is 6.31. The van der Waals surface area contributed by atoms with Gasteiger partial charge in [0.15, 0.2) is 17.3 Å². The van der Waals surface area contributed by atoms with Crippen molar-refractivity contribution in [2.24, 2.45) is 0 Å². The number of ketones is 1. The van der Waals surface area contributed by atoms with E-state index in [1.54, 1.807) is 36.4 Å². The molecule has 4 heteroatoms. The van der Waals surface area contributed by atoms with Crippen LogP contribution in [0.4, 0.5) is 4.39 Å².